The molecule has 2 aliphatic rings. The summed E-state index contributed by atoms with van der Waals surface area (Å²) in [5, 5.41) is 12.8. The quantitative estimate of drug-likeness (QED) is 0.849. The molecule has 3 nitrogen and oxygen atoms in total. The molecule has 0 fully saturated rings. The number of hydrogen-bond donors (Lipinski definition) is 1. The fourth-order valence-corrected chi connectivity index (χ4v) is 4.67. The van der Waals surface area contributed by atoms with E-state index in [4.69, 9.17) is 0 Å². The van der Waals surface area contributed by atoms with Gasteiger partial charge in [-0.05, 0) is 44.2 Å². The summed E-state index contributed by atoms with van der Waals surface area (Å²) < 4.78 is 2.19. The van der Waals surface area contributed by atoms with Crippen molar-refractivity contribution in [3.8, 4) is 0 Å². The molecule has 0 aromatic heterocycles. The molecule has 2 aromatic carbocycles. The van der Waals surface area contributed by atoms with Crippen molar-refractivity contribution >= 4 is 22.6 Å². The molecule has 1 atom stereocenters. The van der Waals surface area contributed by atoms with Crippen LogP contribution in [-0.2, 0) is 5.72 Å². The average molecular weight is 339 g/mol. The lowest BCUT2D eigenvalue weighted by molar-refractivity contribution is -0.656. The topological polar surface area (TPSA) is 26.5 Å². The Hall–Kier alpha value is -1.78. The van der Waals surface area contributed by atoms with Crippen LogP contribution in [-0.4, -0.2) is 33.7 Å². The van der Waals surface area contributed by atoms with Gasteiger partial charge in [-0.25, -0.2) is 9.48 Å². The van der Waals surface area contributed by atoms with Crippen LogP contribution >= 0.6 is 11.8 Å². The minimum absolute atomic E-state index is 0.571. The minimum Gasteiger partial charge on any atom is -0.346 e. The Labute approximate surface area is 147 Å². The van der Waals surface area contributed by atoms with E-state index in [-0.39, 0.29) is 0 Å². The van der Waals surface area contributed by atoms with Crippen LogP contribution in [0.5, 0.6) is 0 Å². The van der Waals surface area contributed by atoms with Crippen LogP contribution in [0.25, 0.3) is 0 Å². The molecule has 2 aromatic rings. The fraction of sp³-hybridized carbons (Fsp3) is 0.350. The molecule has 0 aliphatic carbocycles. The smallest absolute Gasteiger partial charge is 0.316 e. The van der Waals surface area contributed by atoms with Crippen molar-refractivity contribution < 1.29 is 9.68 Å². The number of rotatable bonds is 2. The fourth-order valence-electron chi connectivity index (χ4n) is 3.49. The van der Waals surface area contributed by atoms with Crippen molar-refractivity contribution in [1.29, 1.82) is 0 Å². The maximum absolute atomic E-state index is 11.6. The van der Waals surface area contributed by atoms with Crippen molar-refractivity contribution in [2.75, 3.05) is 23.7 Å². The molecule has 2 aliphatic heterocycles. The van der Waals surface area contributed by atoms with Crippen LogP contribution in [0.15, 0.2) is 48.5 Å². The Balaban J connectivity index is 1.78. The molecular weight excluding hydrogens is 316 g/mol. The van der Waals surface area contributed by atoms with Crippen LogP contribution in [0, 0.1) is 13.8 Å². The van der Waals surface area contributed by atoms with Gasteiger partial charge >= 0.3 is 5.17 Å². The van der Waals surface area contributed by atoms with Gasteiger partial charge in [-0.3, -0.25) is 0 Å². The lowest BCUT2D eigenvalue weighted by atomic mass is 10.0. The van der Waals surface area contributed by atoms with Crippen molar-refractivity contribution in [1.82, 2.24) is 0 Å². The molecule has 1 N–H and O–H groups in total. The maximum Gasteiger partial charge on any atom is 0.316 e. The number of β-amino-alcohol motifs (C(OH)–C–C–N with tert-alkyl or cyclic N) is 1. The number of nitrogens with zero attached hydrogens (tertiary/aromatic N) is 2. The van der Waals surface area contributed by atoms with Gasteiger partial charge < -0.3 is 5.11 Å². The Morgan fingerprint density at radius 2 is 1.62 bits per heavy atom. The highest BCUT2D eigenvalue weighted by atomic mass is 32.2. The first-order chi connectivity index (χ1) is 11.6. The molecule has 0 saturated carbocycles. The number of hydrogen-bond acceptors (Lipinski definition) is 3. The largest absolute Gasteiger partial charge is 0.346 e. The van der Waals surface area contributed by atoms with Gasteiger partial charge in [-0.2, -0.15) is 0 Å². The maximum atomic E-state index is 11.6. The number of aryl methyl sites for hydroxylation is 2. The van der Waals surface area contributed by atoms with Crippen LogP contribution < -0.4 is 4.90 Å². The zero-order chi connectivity index (χ0) is 16.7. The van der Waals surface area contributed by atoms with Gasteiger partial charge in [0.1, 0.15) is 5.69 Å². The number of amidine groups is 1. The van der Waals surface area contributed by atoms with E-state index in [2.05, 4.69) is 71.9 Å². The normalized spacial score (nSPS) is 23.5. The lowest BCUT2D eigenvalue weighted by Crippen LogP contribution is -2.41. The average Bonchev–Trinajstić information content (AvgIpc) is 2.91. The van der Waals surface area contributed by atoms with E-state index in [1.54, 1.807) is 0 Å². The first-order valence-electron chi connectivity index (χ1n) is 8.49. The minimum atomic E-state index is -0.957. The summed E-state index contributed by atoms with van der Waals surface area (Å²) in [5.41, 5.74) is 3.64. The third-order valence-corrected chi connectivity index (χ3v) is 6.10. The molecule has 2 heterocycles. The van der Waals surface area contributed by atoms with Crippen molar-refractivity contribution in [2.45, 2.75) is 26.0 Å². The Morgan fingerprint density at radius 1 is 1.00 bits per heavy atom. The van der Waals surface area contributed by atoms with E-state index in [0.29, 0.717) is 6.54 Å². The van der Waals surface area contributed by atoms with Crippen LogP contribution in [0.2, 0.25) is 0 Å². The number of aliphatic hydroxyl groups is 1. The number of benzene rings is 2. The predicted octanol–water partition coefficient (Wildman–Crippen LogP) is 3.47. The molecular formula is C20H23N2OS+. The van der Waals surface area contributed by atoms with Gasteiger partial charge in [0.2, 0.25) is 0 Å². The van der Waals surface area contributed by atoms with Crippen molar-refractivity contribution in [3.63, 3.8) is 0 Å². The zero-order valence-corrected chi connectivity index (χ0v) is 15.0. The molecule has 4 rings (SSSR count). The van der Waals surface area contributed by atoms with Gasteiger partial charge in [-0.1, -0.05) is 47.5 Å². The summed E-state index contributed by atoms with van der Waals surface area (Å²) in [4.78, 5) is 2.27. The molecule has 4 heteroatoms. The van der Waals surface area contributed by atoms with Crippen molar-refractivity contribution in [2.24, 2.45) is 0 Å². The third kappa shape index (κ3) is 2.54. The van der Waals surface area contributed by atoms with E-state index in [0.717, 1.165) is 30.0 Å². The van der Waals surface area contributed by atoms with E-state index >= 15 is 0 Å². The molecule has 24 heavy (non-hydrogen) atoms. The van der Waals surface area contributed by atoms with Gasteiger partial charge in [0.15, 0.2) is 6.54 Å². The summed E-state index contributed by atoms with van der Waals surface area (Å²) in [6.45, 7) is 5.65. The highest BCUT2D eigenvalue weighted by molar-refractivity contribution is 8.13. The Bertz CT molecular complexity index is 782. The summed E-state index contributed by atoms with van der Waals surface area (Å²) in [7, 11) is 0. The summed E-state index contributed by atoms with van der Waals surface area (Å²) in [6, 6.07) is 16.9. The van der Waals surface area contributed by atoms with Crippen LogP contribution in [0.4, 0.5) is 5.69 Å². The Morgan fingerprint density at radius 3 is 2.29 bits per heavy atom. The monoisotopic (exact) mass is 339 g/mol. The highest BCUT2D eigenvalue weighted by Crippen LogP contribution is 2.37. The second-order valence-corrected chi connectivity index (χ2v) is 7.80. The summed E-state index contributed by atoms with van der Waals surface area (Å²) in [5.74, 6) is 1.11. The molecule has 0 amide bonds. The number of anilines is 1. The SMILES string of the molecule is Cc1ccc(N2C[C@@](O)(c3ccc(C)cc3)[N+]3=C2SCCC3)cc1. The molecule has 124 valence electrons. The number of thioether (sulfide) groups is 1. The highest BCUT2D eigenvalue weighted by Gasteiger charge is 2.53. The predicted molar refractivity (Wildman–Crippen MR) is 101 cm³/mol. The molecule has 0 bridgehead atoms. The summed E-state index contributed by atoms with van der Waals surface area (Å²) >= 11 is 1.85. The zero-order valence-electron chi connectivity index (χ0n) is 14.2. The molecule has 0 unspecified atom stereocenters. The van der Waals surface area contributed by atoms with E-state index in [1.807, 2.05) is 11.8 Å². The van der Waals surface area contributed by atoms with Crippen LogP contribution in [0.3, 0.4) is 0 Å². The van der Waals surface area contributed by atoms with E-state index in [1.165, 1.54) is 16.3 Å². The molecule has 0 radical (unpaired) electrons. The van der Waals surface area contributed by atoms with Gasteiger partial charge in [-0.15, -0.1) is 0 Å². The first-order valence-corrected chi connectivity index (χ1v) is 9.48. The molecule has 0 spiro atoms. The molecule has 0 saturated heterocycles. The first kappa shape index (κ1) is 15.7. The van der Waals surface area contributed by atoms with Gasteiger partial charge in [0.25, 0.3) is 5.72 Å². The standard InChI is InChI=1S/C20H23N2OS/c1-15-4-8-17(9-5-15)20(23)14-21(18-10-6-16(2)7-11-18)19-22(20)12-3-13-24-19/h4-11,23H,3,12-14H2,1-2H3/q+1/t20-/m1/s1. The Kier molecular flexibility index (Phi) is 3.89. The van der Waals surface area contributed by atoms with Gasteiger partial charge in [0.05, 0.1) is 6.54 Å². The van der Waals surface area contributed by atoms with Crippen molar-refractivity contribution in [3.05, 3.63) is 65.2 Å². The van der Waals surface area contributed by atoms with E-state index in [9.17, 15) is 5.11 Å². The lowest BCUT2D eigenvalue weighted by Gasteiger charge is -2.24. The summed E-state index contributed by atoms with van der Waals surface area (Å²) in [6.07, 6.45) is 1.10. The third-order valence-electron chi connectivity index (χ3n) is 4.90. The van der Waals surface area contributed by atoms with E-state index < -0.39 is 5.72 Å². The second kappa shape index (κ2) is 5.94. The van der Waals surface area contributed by atoms with Crippen LogP contribution in [0.1, 0.15) is 23.1 Å². The second-order valence-electron chi connectivity index (χ2n) is 6.74. The van der Waals surface area contributed by atoms with Gasteiger partial charge in [0, 0.05) is 11.3 Å².